The second kappa shape index (κ2) is 13.8. The minimum Gasteiger partial charge on any atom is -0.494 e. The smallest absolute Gasteiger partial charge is 0.408 e. The van der Waals surface area contributed by atoms with E-state index in [1.807, 2.05) is 0 Å². The van der Waals surface area contributed by atoms with Crippen molar-refractivity contribution in [1.82, 2.24) is 25.2 Å². The van der Waals surface area contributed by atoms with Crippen LogP contribution >= 0.6 is 11.6 Å². The Hall–Kier alpha value is -4.11. The number of hydrogen-bond donors (Lipinski definition) is 3. The van der Waals surface area contributed by atoms with Crippen LogP contribution in [0.1, 0.15) is 67.2 Å². The Balaban J connectivity index is 1.46. The number of nitrogens with zero attached hydrogens (tertiary/aromatic N) is 2. The molecule has 2 saturated carbocycles. The first-order valence-electron chi connectivity index (χ1n) is 16.8. The summed E-state index contributed by atoms with van der Waals surface area (Å²) in [5.41, 5.74) is -3.24. The third kappa shape index (κ3) is 8.35. The van der Waals surface area contributed by atoms with Gasteiger partial charge >= 0.3 is 6.09 Å². The fourth-order valence-corrected chi connectivity index (χ4v) is 7.75. The molecule has 2 aromatic rings. The van der Waals surface area contributed by atoms with E-state index in [1.54, 1.807) is 59.7 Å². The van der Waals surface area contributed by atoms with Gasteiger partial charge in [-0.25, -0.2) is 18.2 Å². The van der Waals surface area contributed by atoms with Crippen LogP contribution in [0.2, 0.25) is 5.02 Å². The van der Waals surface area contributed by atoms with Gasteiger partial charge in [-0.2, -0.15) is 0 Å². The molecule has 3 fully saturated rings. The molecule has 5 atom stereocenters. The number of likely N-dealkylation sites (tertiary alicyclic amines) is 1. The molecule has 51 heavy (non-hydrogen) atoms. The number of carbonyl (C=O) groups is 4. The maximum Gasteiger partial charge on any atom is 0.408 e. The molecule has 16 heteroatoms. The molecule has 1 aromatic carbocycles. The van der Waals surface area contributed by atoms with E-state index in [4.69, 9.17) is 25.8 Å². The molecule has 0 spiro atoms. The third-order valence-corrected chi connectivity index (χ3v) is 11.2. The molecule has 5 rings (SSSR count). The Kier molecular flexibility index (Phi) is 10.3. The van der Waals surface area contributed by atoms with Crippen molar-refractivity contribution in [3.8, 4) is 11.6 Å². The number of carbonyl (C=O) groups excluding carboxylic acids is 4. The molecule has 4 amide bonds. The SMILES string of the molecule is C=C[C@@H]1C[C@]1(NC(=O)[C@@H]1C[C@H](Oc2ncc(OC)c3ccc(Cl)cc23)CN1C(=O)[C@H](NC(=O)OC(C)(C)C)C(C)(C)C)C(=O)NS(=O)(=O)C1CC1. The molecule has 0 bridgehead atoms. The van der Waals surface area contributed by atoms with E-state index in [0.717, 1.165) is 0 Å². The minimum atomic E-state index is -3.91. The first-order chi connectivity index (χ1) is 23.7. The predicted octanol–water partition coefficient (Wildman–Crippen LogP) is 3.85. The fourth-order valence-electron chi connectivity index (χ4n) is 6.21. The second-order valence-electron chi connectivity index (χ2n) is 15.4. The summed E-state index contributed by atoms with van der Waals surface area (Å²) in [7, 11) is -2.40. The van der Waals surface area contributed by atoms with Crippen LogP contribution in [-0.4, -0.2) is 90.3 Å². The largest absolute Gasteiger partial charge is 0.494 e. The van der Waals surface area contributed by atoms with Crippen LogP contribution < -0.4 is 24.8 Å². The molecule has 0 radical (unpaired) electrons. The van der Waals surface area contributed by atoms with Crippen molar-refractivity contribution in [2.75, 3.05) is 13.7 Å². The molecule has 2 aliphatic carbocycles. The zero-order valence-electron chi connectivity index (χ0n) is 29.9. The summed E-state index contributed by atoms with van der Waals surface area (Å²) in [6.07, 6.45) is 2.40. The maximum atomic E-state index is 14.4. The topological polar surface area (TPSA) is 182 Å². The first-order valence-corrected chi connectivity index (χ1v) is 18.7. The van der Waals surface area contributed by atoms with Gasteiger partial charge in [0.25, 0.3) is 5.91 Å². The number of benzene rings is 1. The van der Waals surface area contributed by atoms with Crippen LogP contribution in [0.5, 0.6) is 11.6 Å². The number of rotatable bonds is 11. The van der Waals surface area contributed by atoms with Crippen molar-refractivity contribution < 1.29 is 41.8 Å². The van der Waals surface area contributed by atoms with Gasteiger partial charge < -0.3 is 29.7 Å². The average Bonchev–Trinajstić information content (AvgIpc) is 3.95. The number of hydrogen-bond acceptors (Lipinski definition) is 10. The van der Waals surface area contributed by atoms with Crippen molar-refractivity contribution in [2.45, 2.75) is 102 Å². The van der Waals surface area contributed by atoms with Crippen LogP contribution in [0.15, 0.2) is 37.1 Å². The number of alkyl carbamates (subject to hydrolysis) is 1. The summed E-state index contributed by atoms with van der Waals surface area (Å²) in [6, 6.07) is 2.82. The van der Waals surface area contributed by atoms with Crippen LogP contribution in [0.25, 0.3) is 10.8 Å². The lowest BCUT2D eigenvalue weighted by atomic mass is 9.85. The van der Waals surface area contributed by atoms with E-state index < -0.39 is 79.7 Å². The van der Waals surface area contributed by atoms with Crippen molar-refractivity contribution in [3.63, 3.8) is 0 Å². The highest BCUT2D eigenvalue weighted by atomic mass is 35.5. The van der Waals surface area contributed by atoms with Gasteiger partial charge in [-0.1, -0.05) is 38.4 Å². The van der Waals surface area contributed by atoms with Crippen molar-refractivity contribution in [2.24, 2.45) is 11.3 Å². The normalized spacial score (nSPS) is 23.9. The Labute approximate surface area is 303 Å². The van der Waals surface area contributed by atoms with E-state index in [-0.39, 0.29) is 25.3 Å². The lowest BCUT2D eigenvalue weighted by molar-refractivity contribution is -0.143. The summed E-state index contributed by atoms with van der Waals surface area (Å²) >= 11 is 6.32. The van der Waals surface area contributed by atoms with Crippen LogP contribution in [0.4, 0.5) is 4.79 Å². The second-order valence-corrected chi connectivity index (χ2v) is 17.8. The van der Waals surface area contributed by atoms with Gasteiger partial charge in [-0.3, -0.25) is 19.1 Å². The molecule has 14 nitrogen and oxygen atoms in total. The Morgan fingerprint density at radius 2 is 1.80 bits per heavy atom. The molecule has 1 aliphatic heterocycles. The lowest BCUT2D eigenvalue weighted by Gasteiger charge is -2.36. The average molecular weight is 748 g/mol. The van der Waals surface area contributed by atoms with Gasteiger partial charge in [0, 0.05) is 28.1 Å². The molecule has 3 aliphatic rings. The first kappa shape index (κ1) is 38.1. The summed E-state index contributed by atoms with van der Waals surface area (Å²) in [4.78, 5) is 60.8. The standard InChI is InChI=1S/C35H46ClN5O9S/c1-9-19-16-35(19,31(44)40-51(46,47)22-11-12-22)39-28(42)25-15-21(49-29-24-14-20(36)10-13-23(24)26(48-8)17-37-29)18-41(25)30(43)27(33(2,3)4)38-32(45)50-34(5,6)7/h9-10,13-14,17,19,21-22,25,27H,1,11-12,15-16,18H2,2-8H3,(H,38,45)(H,39,42)(H,40,44)/t19-,21+,25+,27+,35-/m1/s1. The molecule has 2 heterocycles. The van der Waals surface area contributed by atoms with Crippen LogP contribution in [0.3, 0.4) is 0 Å². The predicted molar refractivity (Wildman–Crippen MR) is 190 cm³/mol. The van der Waals surface area contributed by atoms with Crippen LogP contribution in [-0.2, 0) is 29.1 Å². The van der Waals surface area contributed by atoms with Gasteiger partial charge in [0.2, 0.25) is 27.7 Å². The summed E-state index contributed by atoms with van der Waals surface area (Å²) in [5.74, 6) is -1.99. The van der Waals surface area contributed by atoms with Crippen molar-refractivity contribution in [1.29, 1.82) is 0 Å². The number of amides is 4. The number of halogens is 1. The number of sulfonamides is 1. The van der Waals surface area contributed by atoms with Gasteiger partial charge in [-0.15, -0.1) is 6.58 Å². The lowest BCUT2D eigenvalue weighted by Crippen LogP contribution is -2.60. The molecule has 278 valence electrons. The molecule has 3 N–H and O–H groups in total. The highest BCUT2D eigenvalue weighted by molar-refractivity contribution is 7.91. The van der Waals surface area contributed by atoms with Crippen molar-refractivity contribution in [3.05, 3.63) is 42.1 Å². The van der Waals surface area contributed by atoms with Gasteiger partial charge in [0.05, 0.1) is 25.1 Å². The molecular formula is C35H46ClN5O9S. The van der Waals surface area contributed by atoms with E-state index in [1.165, 1.54) is 24.3 Å². The van der Waals surface area contributed by atoms with E-state index in [2.05, 4.69) is 26.9 Å². The zero-order chi connectivity index (χ0) is 37.7. The fraction of sp³-hybridized carbons (Fsp3) is 0.571. The Bertz CT molecular complexity index is 1850. The minimum absolute atomic E-state index is 0.0204. The Morgan fingerprint density at radius 3 is 2.37 bits per heavy atom. The third-order valence-electron chi connectivity index (χ3n) is 9.15. The monoisotopic (exact) mass is 747 g/mol. The number of fused-ring (bicyclic) bond motifs is 1. The van der Waals surface area contributed by atoms with Crippen molar-refractivity contribution >= 4 is 56.2 Å². The zero-order valence-corrected chi connectivity index (χ0v) is 31.4. The van der Waals surface area contributed by atoms with E-state index in [9.17, 15) is 27.6 Å². The van der Waals surface area contributed by atoms with Gasteiger partial charge in [-0.05, 0) is 63.6 Å². The number of ether oxygens (including phenoxy) is 3. The summed E-state index contributed by atoms with van der Waals surface area (Å²) in [5, 5.41) is 6.45. The van der Waals surface area contributed by atoms with Gasteiger partial charge in [0.15, 0.2) is 0 Å². The number of aromatic nitrogens is 1. The summed E-state index contributed by atoms with van der Waals surface area (Å²) < 4.78 is 44.7. The van der Waals surface area contributed by atoms with Gasteiger partial charge in [0.1, 0.15) is 35.1 Å². The summed E-state index contributed by atoms with van der Waals surface area (Å²) in [6.45, 7) is 14.1. The Morgan fingerprint density at radius 1 is 1.12 bits per heavy atom. The van der Waals surface area contributed by atoms with E-state index >= 15 is 0 Å². The van der Waals surface area contributed by atoms with E-state index in [0.29, 0.717) is 34.4 Å². The molecular weight excluding hydrogens is 702 g/mol. The number of pyridine rings is 1. The highest BCUT2D eigenvalue weighted by Gasteiger charge is 2.62. The number of methoxy groups -OCH3 is 1. The molecule has 1 saturated heterocycles. The maximum absolute atomic E-state index is 14.4. The molecule has 0 unspecified atom stereocenters. The quantitative estimate of drug-likeness (QED) is 0.286. The number of nitrogens with one attached hydrogen (secondary N) is 3. The highest BCUT2D eigenvalue weighted by Crippen LogP contribution is 2.45. The molecule has 1 aromatic heterocycles. The van der Waals surface area contributed by atoms with Crippen LogP contribution in [0, 0.1) is 11.3 Å².